The molecule has 3 nitrogen and oxygen atoms in total. The van der Waals surface area contributed by atoms with Gasteiger partial charge in [0, 0.05) is 13.0 Å². The number of hydrogen-bond donors (Lipinski definition) is 0. The van der Waals surface area contributed by atoms with Crippen LogP contribution in [-0.4, -0.2) is 29.3 Å². The fourth-order valence-corrected chi connectivity index (χ4v) is 1.25. The first kappa shape index (κ1) is 11.0. The lowest BCUT2D eigenvalue weighted by Crippen LogP contribution is -2.34. The van der Waals surface area contributed by atoms with Crippen molar-refractivity contribution in [2.24, 2.45) is 0 Å². The van der Waals surface area contributed by atoms with Gasteiger partial charge in [0.05, 0.1) is 5.70 Å². The molecule has 80 valence electrons. The third kappa shape index (κ3) is 2.47. The molecule has 4 heteroatoms. The zero-order valence-electron chi connectivity index (χ0n) is 8.84. The molecule has 1 atom stereocenters. The van der Waals surface area contributed by atoms with E-state index in [1.54, 1.807) is 20.8 Å². The van der Waals surface area contributed by atoms with Crippen LogP contribution in [0, 0.1) is 0 Å². The van der Waals surface area contributed by atoms with E-state index in [1.807, 2.05) is 0 Å². The number of rotatable bonds is 0. The molecule has 0 N–H and O–H groups in total. The van der Waals surface area contributed by atoms with Crippen molar-refractivity contribution in [3.63, 3.8) is 0 Å². The fourth-order valence-electron chi connectivity index (χ4n) is 1.25. The first-order valence-electron chi connectivity index (χ1n) is 4.64. The maximum absolute atomic E-state index is 13.0. The van der Waals surface area contributed by atoms with Gasteiger partial charge in [0.1, 0.15) is 11.8 Å². The van der Waals surface area contributed by atoms with E-state index in [4.69, 9.17) is 4.74 Å². The Bertz CT molecular complexity index is 257. The lowest BCUT2D eigenvalue weighted by Gasteiger charge is -2.24. The third-order valence-corrected chi connectivity index (χ3v) is 1.93. The number of carbonyl (C=O) groups is 1. The molecule has 0 saturated carbocycles. The predicted octanol–water partition coefficient (Wildman–Crippen LogP) is 2.48. The first-order valence-corrected chi connectivity index (χ1v) is 4.64. The zero-order valence-corrected chi connectivity index (χ0v) is 8.84. The Morgan fingerprint density at radius 1 is 1.64 bits per heavy atom. The molecule has 0 radical (unpaired) electrons. The van der Waals surface area contributed by atoms with Gasteiger partial charge >= 0.3 is 6.09 Å². The minimum Gasteiger partial charge on any atom is -0.443 e. The second kappa shape index (κ2) is 3.59. The average Bonchev–Trinajstić information content (AvgIpc) is 2.29. The quantitative estimate of drug-likeness (QED) is 0.602. The van der Waals surface area contributed by atoms with Crippen LogP contribution >= 0.6 is 0 Å². The average molecular weight is 201 g/mol. The second-order valence-electron chi connectivity index (χ2n) is 4.38. The van der Waals surface area contributed by atoms with Gasteiger partial charge < -0.3 is 4.74 Å². The van der Waals surface area contributed by atoms with Crippen molar-refractivity contribution in [1.82, 2.24) is 4.90 Å². The number of nitrogens with zero attached hydrogens (tertiary/aromatic N) is 1. The van der Waals surface area contributed by atoms with E-state index >= 15 is 0 Å². The molecule has 0 aromatic rings. The number of hydrogen-bond acceptors (Lipinski definition) is 2. The van der Waals surface area contributed by atoms with Gasteiger partial charge in [-0.3, -0.25) is 4.90 Å². The van der Waals surface area contributed by atoms with Gasteiger partial charge in [-0.05, 0) is 20.8 Å². The van der Waals surface area contributed by atoms with Crippen molar-refractivity contribution < 1.29 is 13.9 Å². The van der Waals surface area contributed by atoms with E-state index in [2.05, 4.69) is 6.58 Å². The standard InChI is InChI=1S/C10H16FNO2/c1-7-8(11)5-6-12(7)9(13)14-10(2,3)4/h8H,1,5-6H2,2-4H3. The van der Waals surface area contributed by atoms with Crippen molar-refractivity contribution in [3.8, 4) is 0 Å². The van der Waals surface area contributed by atoms with Gasteiger partial charge in [0.2, 0.25) is 0 Å². The topological polar surface area (TPSA) is 29.5 Å². The van der Waals surface area contributed by atoms with E-state index in [0.29, 0.717) is 13.0 Å². The molecular formula is C10H16FNO2. The van der Waals surface area contributed by atoms with Crippen LogP contribution in [0.2, 0.25) is 0 Å². The summed E-state index contributed by atoms with van der Waals surface area (Å²) in [5.41, 5.74) is -0.342. The highest BCUT2D eigenvalue weighted by atomic mass is 19.1. The lowest BCUT2D eigenvalue weighted by molar-refractivity contribution is 0.0336. The van der Waals surface area contributed by atoms with Crippen molar-refractivity contribution in [3.05, 3.63) is 12.3 Å². The summed E-state index contributed by atoms with van der Waals surface area (Å²) in [5.74, 6) is 0. The maximum Gasteiger partial charge on any atom is 0.414 e. The molecular weight excluding hydrogens is 185 g/mol. The number of ether oxygens (including phenoxy) is 1. The molecule has 0 aromatic heterocycles. The number of likely N-dealkylation sites (tertiary alicyclic amines) is 1. The molecule has 0 spiro atoms. The SMILES string of the molecule is C=C1C(F)CCN1C(=O)OC(C)(C)C. The molecule has 1 aliphatic rings. The molecule has 1 saturated heterocycles. The van der Waals surface area contributed by atoms with Crippen LogP contribution in [0.3, 0.4) is 0 Å². The summed E-state index contributed by atoms with van der Waals surface area (Å²) >= 11 is 0. The summed E-state index contributed by atoms with van der Waals surface area (Å²) in [7, 11) is 0. The third-order valence-electron chi connectivity index (χ3n) is 1.93. The van der Waals surface area contributed by atoms with Gasteiger partial charge in [-0.2, -0.15) is 0 Å². The van der Waals surface area contributed by atoms with Crippen molar-refractivity contribution in [2.45, 2.75) is 39.0 Å². The molecule has 1 amide bonds. The highest BCUT2D eigenvalue weighted by Gasteiger charge is 2.33. The first-order chi connectivity index (χ1) is 6.31. The van der Waals surface area contributed by atoms with Crippen molar-refractivity contribution >= 4 is 6.09 Å². The van der Waals surface area contributed by atoms with E-state index in [1.165, 1.54) is 4.90 Å². The minimum absolute atomic E-state index is 0.208. The van der Waals surface area contributed by atoms with Crippen LogP contribution in [0.4, 0.5) is 9.18 Å². The Balaban J connectivity index is 2.59. The number of allylic oxidation sites excluding steroid dienone is 1. The van der Waals surface area contributed by atoms with Gasteiger partial charge in [-0.15, -0.1) is 0 Å². The van der Waals surface area contributed by atoms with E-state index in [0.717, 1.165) is 0 Å². The minimum atomic E-state index is -1.11. The van der Waals surface area contributed by atoms with Crippen LogP contribution in [0.15, 0.2) is 12.3 Å². The summed E-state index contributed by atoms with van der Waals surface area (Å²) in [6.07, 6.45) is -1.30. The van der Waals surface area contributed by atoms with Gasteiger partial charge in [-0.25, -0.2) is 9.18 Å². The highest BCUT2D eigenvalue weighted by molar-refractivity contribution is 5.71. The largest absolute Gasteiger partial charge is 0.443 e. The number of alkyl halides is 1. The number of amides is 1. The van der Waals surface area contributed by atoms with Crippen molar-refractivity contribution in [2.75, 3.05) is 6.54 Å². The summed E-state index contributed by atoms with van der Waals surface area (Å²) in [6.45, 7) is 9.20. The Hall–Kier alpha value is -1.06. The Kier molecular flexibility index (Phi) is 2.83. The number of carbonyl (C=O) groups excluding carboxylic acids is 1. The van der Waals surface area contributed by atoms with Crippen LogP contribution in [-0.2, 0) is 4.74 Å². The Morgan fingerprint density at radius 3 is 2.57 bits per heavy atom. The molecule has 14 heavy (non-hydrogen) atoms. The second-order valence-corrected chi connectivity index (χ2v) is 4.38. The fraction of sp³-hybridized carbons (Fsp3) is 0.700. The predicted molar refractivity (Wildman–Crippen MR) is 51.6 cm³/mol. The lowest BCUT2D eigenvalue weighted by atomic mass is 10.2. The molecule has 1 heterocycles. The zero-order chi connectivity index (χ0) is 10.9. The monoisotopic (exact) mass is 201 g/mol. The highest BCUT2D eigenvalue weighted by Crippen LogP contribution is 2.24. The summed E-state index contributed by atoms with van der Waals surface area (Å²) < 4.78 is 18.1. The summed E-state index contributed by atoms with van der Waals surface area (Å²) in [6, 6.07) is 0. The van der Waals surface area contributed by atoms with Crippen LogP contribution in [0.5, 0.6) is 0 Å². The van der Waals surface area contributed by atoms with Crippen LogP contribution in [0.1, 0.15) is 27.2 Å². The molecule has 0 bridgehead atoms. The molecule has 1 unspecified atom stereocenters. The molecule has 1 fully saturated rings. The summed E-state index contributed by atoms with van der Waals surface area (Å²) in [5, 5.41) is 0. The Labute approximate surface area is 83.5 Å². The van der Waals surface area contributed by atoms with Crippen LogP contribution < -0.4 is 0 Å². The molecule has 0 aliphatic carbocycles. The van der Waals surface area contributed by atoms with Gasteiger partial charge in [0.15, 0.2) is 0 Å². The smallest absolute Gasteiger partial charge is 0.414 e. The maximum atomic E-state index is 13.0. The molecule has 1 aliphatic heterocycles. The van der Waals surface area contributed by atoms with E-state index in [9.17, 15) is 9.18 Å². The van der Waals surface area contributed by atoms with E-state index < -0.39 is 17.9 Å². The van der Waals surface area contributed by atoms with Crippen LogP contribution in [0.25, 0.3) is 0 Å². The van der Waals surface area contributed by atoms with Gasteiger partial charge in [-0.1, -0.05) is 6.58 Å². The molecule has 0 aromatic carbocycles. The van der Waals surface area contributed by atoms with Crippen molar-refractivity contribution in [1.29, 1.82) is 0 Å². The van der Waals surface area contributed by atoms with Gasteiger partial charge in [0.25, 0.3) is 0 Å². The Morgan fingerprint density at radius 2 is 2.21 bits per heavy atom. The number of halogens is 1. The van der Waals surface area contributed by atoms with E-state index in [-0.39, 0.29) is 5.70 Å². The molecule has 1 rings (SSSR count). The normalized spacial score (nSPS) is 22.7. The summed E-state index contributed by atoms with van der Waals surface area (Å²) in [4.78, 5) is 12.8.